The van der Waals surface area contributed by atoms with Crippen LogP contribution in [-0.2, 0) is 14.8 Å². The van der Waals surface area contributed by atoms with Gasteiger partial charge in [-0.2, -0.15) is 0 Å². The highest BCUT2D eigenvalue weighted by atomic mass is 35.5. The second-order valence-electron chi connectivity index (χ2n) is 6.26. The fourth-order valence-corrected chi connectivity index (χ4v) is 4.08. The zero-order chi connectivity index (χ0) is 20.0. The molecule has 1 atom stereocenters. The quantitative estimate of drug-likeness (QED) is 0.727. The number of nitrogens with zero attached hydrogens (tertiary/aromatic N) is 2. The lowest BCUT2D eigenvalue weighted by Gasteiger charge is -2.28. The second-order valence-corrected chi connectivity index (χ2v) is 8.56. The molecule has 0 saturated carbocycles. The van der Waals surface area contributed by atoms with E-state index in [0.29, 0.717) is 23.8 Å². The Morgan fingerprint density at radius 2 is 1.74 bits per heavy atom. The third-order valence-electron chi connectivity index (χ3n) is 4.09. The van der Waals surface area contributed by atoms with Gasteiger partial charge in [0.1, 0.15) is 6.04 Å². The molecule has 1 N–H and O–H groups in total. The van der Waals surface area contributed by atoms with Gasteiger partial charge in [0.05, 0.1) is 11.9 Å². The number of likely N-dealkylation sites (N-methyl/N-ethyl adjacent to an activating group) is 1. The van der Waals surface area contributed by atoms with Gasteiger partial charge in [0, 0.05) is 30.8 Å². The minimum absolute atomic E-state index is 0.356. The van der Waals surface area contributed by atoms with E-state index < -0.39 is 16.1 Å². The van der Waals surface area contributed by atoms with Crippen molar-refractivity contribution in [1.29, 1.82) is 0 Å². The Labute approximate surface area is 165 Å². The summed E-state index contributed by atoms with van der Waals surface area (Å²) in [5.41, 5.74) is 1.39. The predicted octanol–water partition coefficient (Wildman–Crippen LogP) is 2.75. The van der Waals surface area contributed by atoms with Crippen LogP contribution < -0.4 is 14.5 Å². The Kier molecular flexibility index (Phi) is 7.10. The molecule has 8 heteroatoms. The molecule has 2 aromatic carbocycles. The number of rotatable bonds is 8. The SMILES string of the molecule is CC(C(=O)NCCN(C)c1ccccc1)N(c1cccc(Cl)c1)S(C)(=O)=O. The van der Waals surface area contributed by atoms with Gasteiger partial charge >= 0.3 is 0 Å². The van der Waals surface area contributed by atoms with Crippen molar-refractivity contribution in [2.24, 2.45) is 0 Å². The summed E-state index contributed by atoms with van der Waals surface area (Å²) < 4.78 is 25.6. The molecular weight excluding hydrogens is 386 g/mol. The summed E-state index contributed by atoms with van der Waals surface area (Å²) in [4.78, 5) is 14.5. The maximum atomic E-state index is 12.5. The van der Waals surface area contributed by atoms with Crippen LogP contribution in [0.25, 0.3) is 0 Å². The number of nitrogens with one attached hydrogen (secondary N) is 1. The van der Waals surface area contributed by atoms with Crippen LogP contribution in [0.4, 0.5) is 11.4 Å². The number of carbonyl (C=O) groups excluding carboxylic acids is 1. The fourth-order valence-electron chi connectivity index (χ4n) is 2.73. The van der Waals surface area contributed by atoms with E-state index in [4.69, 9.17) is 11.6 Å². The van der Waals surface area contributed by atoms with Crippen LogP contribution in [-0.4, -0.2) is 46.8 Å². The summed E-state index contributed by atoms with van der Waals surface area (Å²) in [6.07, 6.45) is 1.07. The average Bonchev–Trinajstić information content (AvgIpc) is 2.61. The molecule has 1 amide bonds. The van der Waals surface area contributed by atoms with E-state index in [-0.39, 0.29) is 5.91 Å². The summed E-state index contributed by atoms with van der Waals surface area (Å²) in [7, 11) is -1.73. The number of anilines is 2. The second kappa shape index (κ2) is 9.10. The summed E-state index contributed by atoms with van der Waals surface area (Å²) in [5.74, 6) is -0.373. The van der Waals surface area contributed by atoms with Crippen molar-refractivity contribution >= 4 is 38.9 Å². The molecule has 2 aromatic rings. The van der Waals surface area contributed by atoms with Crippen molar-refractivity contribution in [3.63, 3.8) is 0 Å². The van der Waals surface area contributed by atoms with Crippen LogP contribution >= 0.6 is 11.6 Å². The molecular formula is C19H24ClN3O3S. The van der Waals surface area contributed by atoms with Crippen molar-refractivity contribution in [2.45, 2.75) is 13.0 Å². The normalized spacial score (nSPS) is 12.3. The largest absolute Gasteiger partial charge is 0.373 e. The number of hydrogen-bond acceptors (Lipinski definition) is 4. The van der Waals surface area contributed by atoms with Crippen molar-refractivity contribution in [1.82, 2.24) is 5.32 Å². The molecule has 0 bridgehead atoms. The van der Waals surface area contributed by atoms with Crippen molar-refractivity contribution in [2.75, 3.05) is 35.6 Å². The number of amides is 1. The number of para-hydroxylation sites is 1. The van der Waals surface area contributed by atoms with Crippen LogP contribution in [0.5, 0.6) is 0 Å². The van der Waals surface area contributed by atoms with Crippen LogP contribution in [0.15, 0.2) is 54.6 Å². The molecule has 0 fully saturated rings. The number of sulfonamides is 1. The molecule has 0 aromatic heterocycles. The first-order chi connectivity index (χ1) is 12.7. The van der Waals surface area contributed by atoms with Crippen LogP contribution in [0.2, 0.25) is 5.02 Å². The van der Waals surface area contributed by atoms with Gasteiger partial charge in [-0.15, -0.1) is 0 Å². The molecule has 0 aliphatic heterocycles. The van der Waals surface area contributed by atoms with Crippen LogP contribution in [0.3, 0.4) is 0 Å². The predicted molar refractivity (Wildman–Crippen MR) is 111 cm³/mol. The van der Waals surface area contributed by atoms with Gasteiger partial charge in [-0.3, -0.25) is 9.10 Å². The summed E-state index contributed by atoms with van der Waals surface area (Å²) >= 11 is 5.97. The van der Waals surface area contributed by atoms with E-state index >= 15 is 0 Å². The Morgan fingerprint density at radius 1 is 1.11 bits per heavy atom. The van der Waals surface area contributed by atoms with E-state index in [2.05, 4.69) is 5.32 Å². The van der Waals surface area contributed by atoms with Gasteiger partial charge in [0.25, 0.3) is 0 Å². The molecule has 27 heavy (non-hydrogen) atoms. The topological polar surface area (TPSA) is 69.7 Å². The highest BCUT2D eigenvalue weighted by molar-refractivity contribution is 7.92. The lowest BCUT2D eigenvalue weighted by atomic mass is 10.2. The number of benzene rings is 2. The number of hydrogen-bond donors (Lipinski definition) is 1. The van der Waals surface area contributed by atoms with E-state index in [1.165, 1.54) is 6.07 Å². The molecule has 0 radical (unpaired) electrons. The Hall–Kier alpha value is -2.25. The molecule has 0 aliphatic rings. The minimum Gasteiger partial charge on any atom is -0.373 e. The Bertz CT molecular complexity index is 875. The zero-order valence-electron chi connectivity index (χ0n) is 15.6. The van der Waals surface area contributed by atoms with E-state index in [9.17, 15) is 13.2 Å². The summed E-state index contributed by atoms with van der Waals surface area (Å²) in [6.45, 7) is 2.54. The van der Waals surface area contributed by atoms with Crippen LogP contribution in [0.1, 0.15) is 6.92 Å². The van der Waals surface area contributed by atoms with E-state index in [1.54, 1.807) is 25.1 Å². The minimum atomic E-state index is -3.66. The first-order valence-corrected chi connectivity index (χ1v) is 10.7. The maximum Gasteiger partial charge on any atom is 0.243 e. The van der Waals surface area contributed by atoms with Crippen molar-refractivity contribution in [3.05, 3.63) is 59.6 Å². The Morgan fingerprint density at radius 3 is 2.33 bits per heavy atom. The monoisotopic (exact) mass is 409 g/mol. The lowest BCUT2D eigenvalue weighted by Crippen LogP contribution is -2.49. The van der Waals surface area contributed by atoms with Gasteiger partial charge in [-0.1, -0.05) is 35.9 Å². The third kappa shape index (κ3) is 5.87. The molecule has 6 nitrogen and oxygen atoms in total. The highest BCUT2D eigenvalue weighted by Gasteiger charge is 2.29. The molecule has 1 unspecified atom stereocenters. The summed E-state index contributed by atoms with van der Waals surface area (Å²) in [5, 5.41) is 3.20. The zero-order valence-corrected chi connectivity index (χ0v) is 17.2. The van der Waals surface area contributed by atoms with Gasteiger partial charge < -0.3 is 10.2 Å². The molecule has 146 valence electrons. The van der Waals surface area contributed by atoms with Gasteiger partial charge in [0.2, 0.25) is 15.9 Å². The first kappa shape index (κ1) is 21.1. The van der Waals surface area contributed by atoms with Crippen molar-refractivity contribution in [3.8, 4) is 0 Å². The number of halogens is 1. The van der Waals surface area contributed by atoms with E-state index in [0.717, 1.165) is 16.2 Å². The molecule has 2 rings (SSSR count). The number of carbonyl (C=O) groups is 1. The Balaban J connectivity index is 2.03. The lowest BCUT2D eigenvalue weighted by molar-refractivity contribution is -0.121. The fraction of sp³-hybridized carbons (Fsp3) is 0.316. The van der Waals surface area contributed by atoms with Crippen LogP contribution in [0, 0.1) is 0 Å². The maximum absolute atomic E-state index is 12.5. The van der Waals surface area contributed by atoms with Crippen molar-refractivity contribution < 1.29 is 13.2 Å². The third-order valence-corrected chi connectivity index (χ3v) is 5.57. The molecule has 0 aliphatic carbocycles. The molecule has 0 saturated heterocycles. The highest BCUT2D eigenvalue weighted by Crippen LogP contribution is 2.24. The molecule has 0 spiro atoms. The average molecular weight is 410 g/mol. The molecule has 0 heterocycles. The first-order valence-electron chi connectivity index (χ1n) is 8.49. The van der Waals surface area contributed by atoms with Gasteiger partial charge in [-0.05, 0) is 37.3 Å². The van der Waals surface area contributed by atoms with Gasteiger partial charge in [0.15, 0.2) is 0 Å². The van der Waals surface area contributed by atoms with Gasteiger partial charge in [-0.25, -0.2) is 8.42 Å². The standard InChI is InChI=1S/C19H24ClN3O3S/c1-15(23(27(3,25)26)18-11-7-8-16(20)14-18)19(24)21-12-13-22(2)17-9-5-4-6-10-17/h4-11,14-15H,12-13H2,1-3H3,(H,21,24). The van der Waals surface area contributed by atoms with E-state index in [1.807, 2.05) is 42.3 Å². The smallest absolute Gasteiger partial charge is 0.243 e. The summed E-state index contributed by atoms with van der Waals surface area (Å²) in [6, 6.07) is 15.3.